The molecular weight excluding hydrogens is 268 g/mol. The summed E-state index contributed by atoms with van der Waals surface area (Å²) >= 11 is 5.76. The van der Waals surface area contributed by atoms with Gasteiger partial charge in [0.25, 0.3) is 5.69 Å². The highest BCUT2D eigenvalue weighted by molar-refractivity contribution is 6.30. The molecule has 0 bridgehead atoms. The first-order chi connectivity index (χ1) is 8.99. The Morgan fingerprint density at radius 3 is 2.84 bits per heavy atom. The molecule has 1 aromatic heterocycles. The Kier molecular flexibility index (Phi) is 3.71. The minimum Gasteiger partial charge on any atom is -0.375 e. The quantitative estimate of drug-likeness (QED) is 0.690. The Labute approximate surface area is 115 Å². The number of benzene rings is 1. The van der Waals surface area contributed by atoms with Crippen LogP contribution in [0.25, 0.3) is 0 Å². The summed E-state index contributed by atoms with van der Waals surface area (Å²) < 4.78 is 1.76. The molecular formula is C12H13ClN4O2. The van der Waals surface area contributed by atoms with Gasteiger partial charge in [-0.2, -0.15) is 5.10 Å². The molecule has 0 aliphatic heterocycles. The Morgan fingerprint density at radius 1 is 1.53 bits per heavy atom. The van der Waals surface area contributed by atoms with Crippen molar-refractivity contribution >= 4 is 23.0 Å². The van der Waals surface area contributed by atoms with Crippen LogP contribution in [-0.4, -0.2) is 14.7 Å². The number of hydrogen-bond donors (Lipinski definition) is 1. The molecule has 7 heteroatoms. The third-order valence-electron chi connectivity index (χ3n) is 2.96. The van der Waals surface area contributed by atoms with Crippen LogP contribution in [0.1, 0.15) is 11.3 Å². The minimum atomic E-state index is -0.454. The lowest BCUT2D eigenvalue weighted by atomic mass is 10.2. The van der Waals surface area contributed by atoms with Gasteiger partial charge in [0.05, 0.1) is 11.1 Å². The second-order valence-corrected chi connectivity index (χ2v) is 4.59. The molecule has 0 saturated carbocycles. The average molecular weight is 281 g/mol. The van der Waals surface area contributed by atoms with E-state index in [9.17, 15) is 10.1 Å². The molecule has 0 aliphatic rings. The zero-order valence-electron chi connectivity index (χ0n) is 10.6. The molecule has 19 heavy (non-hydrogen) atoms. The van der Waals surface area contributed by atoms with E-state index < -0.39 is 4.92 Å². The Morgan fingerprint density at radius 2 is 2.26 bits per heavy atom. The highest BCUT2D eigenvalue weighted by Crippen LogP contribution is 2.28. The molecule has 0 unspecified atom stereocenters. The van der Waals surface area contributed by atoms with Crippen LogP contribution in [0.3, 0.4) is 0 Å². The van der Waals surface area contributed by atoms with Crippen molar-refractivity contribution in [2.75, 3.05) is 5.32 Å². The van der Waals surface area contributed by atoms with E-state index in [0.717, 1.165) is 11.3 Å². The van der Waals surface area contributed by atoms with Gasteiger partial charge in [0, 0.05) is 35.9 Å². The Bertz CT molecular complexity index is 624. The second-order valence-electron chi connectivity index (χ2n) is 4.15. The summed E-state index contributed by atoms with van der Waals surface area (Å²) in [6.45, 7) is 2.42. The third kappa shape index (κ3) is 2.85. The van der Waals surface area contributed by atoms with Crippen LogP contribution in [0.15, 0.2) is 24.4 Å². The third-order valence-corrected chi connectivity index (χ3v) is 3.20. The Balaban J connectivity index is 2.20. The zero-order chi connectivity index (χ0) is 14.0. The van der Waals surface area contributed by atoms with Gasteiger partial charge in [-0.25, -0.2) is 0 Å². The normalized spacial score (nSPS) is 10.5. The van der Waals surface area contributed by atoms with Gasteiger partial charge in [-0.3, -0.25) is 14.8 Å². The molecule has 0 radical (unpaired) electrons. The van der Waals surface area contributed by atoms with Crippen LogP contribution in [0.5, 0.6) is 0 Å². The number of nitro benzene ring substituents is 1. The molecule has 6 nitrogen and oxygen atoms in total. The topological polar surface area (TPSA) is 73.0 Å². The summed E-state index contributed by atoms with van der Waals surface area (Å²) in [5.74, 6) is 0. The van der Waals surface area contributed by atoms with Crippen LogP contribution in [0, 0.1) is 17.0 Å². The molecule has 0 atom stereocenters. The van der Waals surface area contributed by atoms with Gasteiger partial charge < -0.3 is 5.32 Å². The summed E-state index contributed by atoms with van der Waals surface area (Å²) in [5, 5.41) is 18.4. The number of anilines is 1. The first-order valence-electron chi connectivity index (χ1n) is 5.64. The van der Waals surface area contributed by atoms with E-state index in [4.69, 9.17) is 11.6 Å². The number of halogens is 1. The fourth-order valence-electron chi connectivity index (χ4n) is 1.71. The number of nitrogens with one attached hydrogen (secondary N) is 1. The van der Waals surface area contributed by atoms with Gasteiger partial charge in [0.2, 0.25) is 0 Å². The number of hydrogen-bond acceptors (Lipinski definition) is 4. The van der Waals surface area contributed by atoms with Crippen LogP contribution in [0.2, 0.25) is 5.02 Å². The predicted octanol–water partition coefficient (Wildman–Crippen LogP) is 2.90. The summed E-state index contributed by atoms with van der Waals surface area (Å²) in [6, 6.07) is 4.55. The zero-order valence-corrected chi connectivity index (χ0v) is 11.3. The van der Waals surface area contributed by atoms with Crippen molar-refractivity contribution in [3.8, 4) is 0 Å². The van der Waals surface area contributed by atoms with Crippen molar-refractivity contribution in [2.45, 2.75) is 13.5 Å². The van der Waals surface area contributed by atoms with Crippen LogP contribution >= 0.6 is 11.6 Å². The van der Waals surface area contributed by atoms with Gasteiger partial charge >= 0.3 is 0 Å². The average Bonchev–Trinajstić information content (AvgIpc) is 2.68. The van der Waals surface area contributed by atoms with Crippen molar-refractivity contribution in [2.24, 2.45) is 7.05 Å². The Hall–Kier alpha value is -2.08. The summed E-state index contributed by atoms with van der Waals surface area (Å²) in [7, 11) is 1.85. The monoisotopic (exact) mass is 280 g/mol. The van der Waals surface area contributed by atoms with E-state index in [1.807, 2.05) is 14.0 Å². The van der Waals surface area contributed by atoms with E-state index in [2.05, 4.69) is 10.4 Å². The molecule has 0 fully saturated rings. The molecule has 1 N–H and O–H groups in total. The predicted molar refractivity (Wildman–Crippen MR) is 73.4 cm³/mol. The summed E-state index contributed by atoms with van der Waals surface area (Å²) in [6.07, 6.45) is 1.74. The van der Waals surface area contributed by atoms with Gasteiger partial charge in [-0.1, -0.05) is 11.6 Å². The maximum absolute atomic E-state index is 10.9. The minimum absolute atomic E-state index is 0.0333. The van der Waals surface area contributed by atoms with Crippen molar-refractivity contribution in [3.63, 3.8) is 0 Å². The van der Waals surface area contributed by atoms with E-state index in [-0.39, 0.29) is 5.69 Å². The first-order valence-corrected chi connectivity index (χ1v) is 6.02. The van der Waals surface area contributed by atoms with Crippen LogP contribution in [-0.2, 0) is 13.6 Å². The fourth-order valence-corrected chi connectivity index (χ4v) is 1.88. The number of nitrogens with zero attached hydrogens (tertiary/aromatic N) is 3. The maximum atomic E-state index is 10.9. The van der Waals surface area contributed by atoms with E-state index in [1.165, 1.54) is 6.07 Å². The fraction of sp³-hybridized carbons (Fsp3) is 0.250. The summed E-state index contributed by atoms with van der Waals surface area (Å²) in [4.78, 5) is 10.5. The number of aromatic nitrogens is 2. The highest BCUT2D eigenvalue weighted by Gasteiger charge is 2.14. The van der Waals surface area contributed by atoms with Gasteiger partial charge in [-0.05, 0) is 19.1 Å². The smallest absolute Gasteiger partial charge is 0.293 e. The van der Waals surface area contributed by atoms with Crippen molar-refractivity contribution in [3.05, 3.63) is 50.8 Å². The molecule has 100 valence electrons. The number of aryl methyl sites for hydroxylation is 1. The van der Waals surface area contributed by atoms with Gasteiger partial charge in [0.15, 0.2) is 0 Å². The van der Waals surface area contributed by atoms with E-state index in [1.54, 1.807) is 23.0 Å². The SMILES string of the molecule is Cc1c(CNc2ccc(Cl)cc2[N+](=O)[O-])cnn1C. The molecule has 2 rings (SSSR count). The molecule has 1 heterocycles. The lowest BCUT2D eigenvalue weighted by Crippen LogP contribution is -2.03. The summed E-state index contributed by atoms with van der Waals surface area (Å²) in [5.41, 5.74) is 2.42. The van der Waals surface area contributed by atoms with Crippen molar-refractivity contribution < 1.29 is 4.92 Å². The van der Waals surface area contributed by atoms with E-state index >= 15 is 0 Å². The lowest BCUT2D eigenvalue weighted by molar-refractivity contribution is -0.383. The molecule has 0 saturated heterocycles. The van der Waals surface area contributed by atoms with E-state index in [0.29, 0.717) is 17.3 Å². The molecule has 0 spiro atoms. The largest absolute Gasteiger partial charge is 0.375 e. The molecule has 2 aromatic rings. The van der Waals surface area contributed by atoms with Crippen molar-refractivity contribution in [1.82, 2.24) is 9.78 Å². The van der Waals surface area contributed by atoms with Crippen LogP contribution in [0.4, 0.5) is 11.4 Å². The lowest BCUT2D eigenvalue weighted by Gasteiger charge is -2.07. The number of rotatable bonds is 4. The first kappa shape index (κ1) is 13.4. The number of nitro groups is 1. The second kappa shape index (κ2) is 5.27. The molecule has 0 amide bonds. The standard InChI is InChI=1S/C12H13ClN4O2/c1-8-9(7-15-16(8)2)6-14-11-4-3-10(13)5-12(11)17(18)19/h3-5,7,14H,6H2,1-2H3. The maximum Gasteiger partial charge on any atom is 0.293 e. The molecule has 1 aromatic carbocycles. The van der Waals surface area contributed by atoms with Crippen molar-refractivity contribution in [1.29, 1.82) is 0 Å². The van der Waals surface area contributed by atoms with Gasteiger partial charge in [0.1, 0.15) is 5.69 Å². The van der Waals surface area contributed by atoms with Crippen LogP contribution < -0.4 is 5.32 Å². The van der Waals surface area contributed by atoms with Gasteiger partial charge in [-0.15, -0.1) is 0 Å². The highest BCUT2D eigenvalue weighted by atomic mass is 35.5. The molecule has 0 aliphatic carbocycles.